The number of aromatic amines is 1. The van der Waals surface area contributed by atoms with Crippen molar-refractivity contribution in [1.82, 2.24) is 20.6 Å². The van der Waals surface area contributed by atoms with Gasteiger partial charge in [-0.1, -0.05) is 0 Å². The van der Waals surface area contributed by atoms with Crippen LogP contribution in [-0.2, 0) is 11.2 Å². The second kappa shape index (κ2) is 5.59. The van der Waals surface area contributed by atoms with Crippen LogP contribution < -0.4 is 10.6 Å². The zero-order chi connectivity index (χ0) is 13.0. The molecule has 0 saturated carbocycles. The molecule has 0 atom stereocenters. The number of aromatic nitrogens is 2. The maximum Gasteiger partial charge on any atom is 0.233 e. The quantitative estimate of drug-likeness (QED) is 0.727. The number of rotatable bonds is 5. The molecule has 5 nitrogen and oxygen atoms in total. The first-order valence-electron chi connectivity index (χ1n) is 5.74. The van der Waals surface area contributed by atoms with Gasteiger partial charge in [-0.25, -0.2) is 9.37 Å². The van der Waals surface area contributed by atoms with Crippen molar-refractivity contribution in [2.24, 2.45) is 0 Å². The number of halogens is 1. The number of imidazole rings is 1. The summed E-state index contributed by atoms with van der Waals surface area (Å²) < 4.78 is 13.0. The number of benzene rings is 1. The van der Waals surface area contributed by atoms with Crippen molar-refractivity contribution in [1.29, 1.82) is 0 Å². The normalized spacial score (nSPS) is 10.8. The van der Waals surface area contributed by atoms with Gasteiger partial charge in [0.1, 0.15) is 11.6 Å². The van der Waals surface area contributed by atoms with Crippen LogP contribution in [0.3, 0.4) is 0 Å². The summed E-state index contributed by atoms with van der Waals surface area (Å²) in [7, 11) is 1.72. The highest BCUT2D eigenvalue weighted by Crippen LogP contribution is 2.12. The minimum atomic E-state index is -0.292. The van der Waals surface area contributed by atoms with E-state index in [1.54, 1.807) is 13.1 Å². The number of nitrogens with one attached hydrogen (secondary N) is 3. The van der Waals surface area contributed by atoms with Gasteiger partial charge < -0.3 is 15.6 Å². The highest BCUT2D eigenvalue weighted by atomic mass is 19.1. The van der Waals surface area contributed by atoms with E-state index in [9.17, 15) is 9.18 Å². The van der Waals surface area contributed by atoms with Crippen molar-refractivity contribution in [2.75, 3.05) is 20.1 Å². The van der Waals surface area contributed by atoms with Gasteiger partial charge in [-0.15, -0.1) is 0 Å². The number of fused-ring (bicyclic) bond motifs is 1. The molecule has 1 aromatic heterocycles. The fourth-order valence-electron chi connectivity index (χ4n) is 1.70. The third-order valence-corrected chi connectivity index (χ3v) is 2.51. The van der Waals surface area contributed by atoms with Crippen LogP contribution in [-0.4, -0.2) is 36.0 Å². The maximum atomic E-state index is 13.0. The van der Waals surface area contributed by atoms with Gasteiger partial charge in [0.05, 0.1) is 17.6 Å². The summed E-state index contributed by atoms with van der Waals surface area (Å²) in [5.74, 6) is 0.389. The Bertz CT molecular complexity index is 552. The Morgan fingerprint density at radius 3 is 3.11 bits per heavy atom. The Hall–Kier alpha value is -1.95. The van der Waals surface area contributed by atoms with E-state index in [1.165, 1.54) is 12.1 Å². The van der Waals surface area contributed by atoms with E-state index in [4.69, 9.17) is 0 Å². The van der Waals surface area contributed by atoms with Crippen molar-refractivity contribution in [2.45, 2.75) is 6.42 Å². The first kappa shape index (κ1) is 12.5. The Balaban J connectivity index is 1.94. The van der Waals surface area contributed by atoms with Gasteiger partial charge in [-0.05, 0) is 25.2 Å². The van der Waals surface area contributed by atoms with Crippen LogP contribution in [0, 0.1) is 5.82 Å². The topological polar surface area (TPSA) is 69.8 Å². The first-order valence-corrected chi connectivity index (χ1v) is 5.74. The van der Waals surface area contributed by atoms with E-state index >= 15 is 0 Å². The number of nitrogens with zero attached hydrogens (tertiary/aromatic N) is 1. The van der Waals surface area contributed by atoms with Crippen molar-refractivity contribution in [3.05, 3.63) is 29.8 Å². The molecule has 0 radical (unpaired) electrons. The van der Waals surface area contributed by atoms with Crippen LogP contribution in [0.25, 0.3) is 11.0 Å². The Kier molecular flexibility index (Phi) is 3.88. The standard InChI is InChI=1S/C12H15FN4O/c1-14-7-12(18)15-5-4-11-16-9-3-2-8(13)6-10(9)17-11/h2-3,6,14H,4-5,7H2,1H3,(H,15,18)(H,16,17). The van der Waals surface area contributed by atoms with Crippen LogP contribution in [0.4, 0.5) is 4.39 Å². The predicted octanol–water partition coefficient (Wildman–Crippen LogP) is 0.580. The van der Waals surface area contributed by atoms with Crippen LogP contribution in [0.2, 0.25) is 0 Å². The molecule has 0 spiro atoms. The largest absolute Gasteiger partial charge is 0.355 e. The Morgan fingerprint density at radius 1 is 1.50 bits per heavy atom. The molecule has 0 aliphatic rings. The molecule has 1 amide bonds. The molecular weight excluding hydrogens is 235 g/mol. The molecule has 0 unspecified atom stereocenters. The van der Waals surface area contributed by atoms with Gasteiger partial charge in [0, 0.05) is 13.0 Å². The minimum absolute atomic E-state index is 0.0559. The molecule has 2 rings (SSSR count). The predicted molar refractivity (Wildman–Crippen MR) is 66.7 cm³/mol. The lowest BCUT2D eigenvalue weighted by atomic mass is 10.3. The lowest BCUT2D eigenvalue weighted by Gasteiger charge is -2.02. The summed E-state index contributed by atoms with van der Waals surface area (Å²) in [5.41, 5.74) is 1.40. The van der Waals surface area contributed by atoms with Gasteiger partial charge >= 0.3 is 0 Å². The molecular formula is C12H15FN4O. The van der Waals surface area contributed by atoms with E-state index in [1.807, 2.05) is 0 Å². The molecule has 0 aliphatic heterocycles. The summed E-state index contributed by atoms with van der Waals surface area (Å²) in [5, 5.41) is 5.52. The van der Waals surface area contributed by atoms with E-state index in [0.717, 1.165) is 11.3 Å². The fourth-order valence-corrected chi connectivity index (χ4v) is 1.70. The fraction of sp³-hybridized carbons (Fsp3) is 0.333. The number of carbonyl (C=O) groups is 1. The highest BCUT2D eigenvalue weighted by Gasteiger charge is 2.04. The van der Waals surface area contributed by atoms with Crippen molar-refractivity contribution >= 4 is 16.9 Å². The van der Waals surface area contributed by atoms with Crippen LogP contribution in [0.1, 0.15) is 5.82 Å². The monoisotopic (exact) mass is 250 g/mol. The number of amides is 1. The van der Waals surface area contributed by atoms with Crippen LogP contribution in [0.5, 0.6) is 0 Å². The average Bonchev–Trinajstić information content (AvgIpc) is 2.71. The van der Waals surface area contributed by atoms with E-state index in [-0.39, 0.29) is 11.7 Å². The number of hydrogen-bond donors (Lipinski definition) is 3. The Labute approximate surface area is 104 Å². The van der Waals surface area contributed by atoms with Gasteiger partial charge in [0.25, 0.3) is 0 Å². The molecule has 0 aliphatic carbocycles. The Morgan fingerprint density at radius 2 is 2.33 bits per heavy atom. The molecule has 6 heteroatoms. The number of carbonyl (C=O) groups excluding carboxylic acids is 1. The van der Waals surface area contributed by atoms with Crippen LogP contribution in [0.15, 0.2) is 18.2 Å². The van der Waals surface area contributed by atoms with E-state index < -0.39 is 0 Å². The molecule has 96 valence electrons. The second-order valence-electron chi connectivity index (χ2n) is 3.98. The van der Waals surface area contributed by atoms with Crippen molar-refractivity contribution in [3.8, 4) is 0 Å². The molecule has 1 heterocycles. The SMILES string of the molecule is CNCC(=O)NCCc1nc2ccc(F)cc2[nH]1. The molecule has 0 saturated heterocycles. The number of hydrogen-bond acceptors (Lipinski definition) is 3. The van der Waals surface area contributed by atoms with Gasteiger partial charge in [-0.3, -0.25) is 4.79 Å². The highest BCUT2D eigenvalue weighted by molar-refractivity contribution is 5.78. The van der Waals surface area contributed by atoms with Crippen molar-refractivity contribution in [3.63, 3.8) is 0 Å². The summed E-state index contributed by atoms with van der Waals surface area (Å²) in [6.45, 7) is 0.800. The smallest absolute Gasteiger partial charge is 0.233 e. The summed E-state index contributed by atoms with van der Waals surface area (Å²) in [6, 6.07) is 4.41. The maximum absolute atomic E-state index is 13.0. The van der Waals surface area contributed by atoms with E-state index in [2.05, 4.69) is 20.6 Å². The summed E-state index contributed by atoms with van der Waals surface area (Å²) >= 11 is 0. The zero-order valence-electron chi connectivity index (χ0n) is 10.1. The molecule has 18 heavy (non-hydrogen) atoms. The molecule has 0 bridgehead atoms. The van der Waals surface area contributed by atoms with Gasteiger partial charge in [-0.2, -0.15) is 0 Å². The van der Waals surface area contributed by atoms with Crippen LogP contribution >= 0.6 is 0 Å². The number of likely N-dealkylation sites (N-methyl/N-ethyl adjacent to an activating group) is 1. The third kappa shape index (κ3) is 3.04. The van der Waals surface area contributed by atoms with Gasteiger partial charge in [0.2, 0.25) is 5.91 Å². The van der Waals surface area contributed by atoms with Gasteiger partial charge in [0.15, 0.2) is 0 Å². The molecule has 2 aromatic rings. The minimum Gasteiger partial charge on any atom is -0.355 e. The molecule has 3 N–H and O–H groups in total. The first-order chi connectivity index (χ1) is 8.69. The summed E-state index contributed by atoms with van der Waals surface area (Å²) in [6.07, 6.45) is 0.589. The zero-order valence-corrected chi connectivity index (χ0v) is 10.1. The lowest BCUT2D eigenvalue weighted by molar-refractivity contribution is -0.120. The number of H-pyrrole nitrogens is 1. The summed E-state index contributed by atoms with van der Waals surface area (Å²) in [4.78, 5) is 18.5. The van der Waals surface area contributed by atoms with E-state index in [0.29, 0.717) is 25.0 Å². The average molecular weight is 250 g/mol. The second-order valence-corrected chi connectivity index (χ2v) is 3.98. The molecule has 1 aromatic carbocycles. The van der Waals surface area contributed by atoms with Crippen molar-refractivity contribution < 1.29 is 9.18 Å². The molecule has 0 fully saturated rings. The third-order valence-electron chi connectivity index (χ3n) is 2.51. The lowest BCUT2D eigenvalue weighted by Crippen LogP contribution is -2.33.